The van der Waals surface area contributed by atoms with Gasteiger partial charge in [-0.15, -0.1) is 0 Å². The molecule has 1 amide bonds. The van der Waals surface area contributed by atoms with Crippen molar-refractivity contribution in [1.82, 2.24) is 4.90 Å². The number of nitro benzene ring substituents is 1. The van der Waals surface area contributed by atoms with Crippen molar-refractivity contribution in [2.24, 2.45) is 0 Å². The number of nitro groups is 1. The predicted octanol–water partition coefficient (Wildman–Crippen LogP) is 4.19. The summed E-state index contributed by atoms with van der Waals surface area (Å²) in [5.41, 5.74) is -0.458. The summed E-state index contributed by atoms with van der Waals surface area (Å²) in [6, 6.07) is 2.09. The van der Waals surface area contributed by atoms with E-state index < -0.39 is 25.2 Å². The lowest BCUT2D eigenvalue weighted by Crippen LogP contribution is -2.49. The van der Waals surface area contributed by atoms with Gasteiger partial charge in [-0.25, -0.2) is 0 Å². The van der Waals surface area contributed by atoms with Crippen LogP contribution in [0.25, 0.3) is 0 Å². The molecular formula is C25H40N2O9Si. The van der Waals surface area contributed by atoms with Crippen LogP contribution >= 0.6 is 0 Å². The minimum absolute atomic E-state index is 0.0422. The highest BCUT2D eigenvalue weighted by Gasteiger charge is 2.43. The average Bonchev–Trinajstić information content (AvgIpc) is 3.25. The van der Waals surface area contributed by atoms with Crippen molar-refractivity contribution < 1.29 is 37.9 Å². The number of hydrogen-bond donors (Lipinski definition) is 0. The van der Waals surface area contributed by atoms with Gasteiger partial charge in [0, 0.05) is 25.6 Å². The molecule has 2 atom stereocenters. The minimum atomic E-state index is -2.16. The van der Waals surface area contributed by atoms with Gasteiger partial charge in [-0.2, -0.15) is 0 Å². The number of esters is 1. The summed E-state index contributed by atoms with van der Waals surface area (Å²) in [6.07, 6.45) is 0.907. The molecule has 0 unspecified atom stereocenters. The summed E-state index contributed by atoms with van der Waals surface area (Å²) >= 11 is 0. The number of methoxy groups -OCH3 is 3. The van der Waals surface area contributed by atoms with Gasteiger partial charge in [0.1, 0.15) is 5.56 Å². The summed E-state index contributed by atoms with van der Waals surface area (Å²) in [6.45, 7) is 11.5. The van der Waals surface area contributed by atoms with Gasteiger partial charge >= 0.3 is 5.97 Å². The van der Waals surface area contributed by atoms with Gasteiger partial charge < -0.3 is 28.3 Å². The second kappa shape index (κ2) is 12.7. The number of amides is 1. The number of nitrogens with zero attached hydrogens (tertiary/aromatic N) is 2. The monoisotopic (exact) mass is 540 g/mol. The minimum Gasteiger partial charge on any atom is -0.493 e. The Kier molecular flexibility index (Phi) is 10.5. The van der Waals surface area contributed by atoms with E-state index in [1.807, 2.05) is 0 Å². The van der Waals surface area contributed by atoms with E-state index in [1.54, 1.807) is 4.90 Å². The quantitative estimate of drug-likeness (QED) is 0.126. The molecule has 2 rings (SSSR count). The lowest BCUT2D eigenvalue weighted by molar-refractivity contribution is -0.385. The molecule has 1 aliphatic rings. The molecule has 0 bridgehead atoms. The normalized spacial score (nSPS) is 18.0. The second-order valence-corrected chi connectivity index (χ2v) is 15.3. The maximum absolute atomic E-state index is 13.7. The molecule has 0 N–H and O–H groups in total. The van der Waals surface area contributed by atoms with Gasteiger partial charge in [0.15, 0.2) is 19.8 Å². The third-order valence-corrected chi connectivity index (χ3v) is 11.7. The van der Waals surface area contributed by atoms with Crippen molar-refractivity contribution in [2.75, 3.05) is 41.1 Å². The third kappa shape index (κ3) is 7.42. The zero-order chi connectivity index (χ0) is 28.0. The van der Waals surface area contributed by atoms with Gasteiger partial charge in [0.25, 0.3) is 11.6 Å². The molecule has 0 aliphatic carbocycles. The summed E-state index contributed by atoms with van der Waals surface area (Å²) in [5, 5.41) is 11.8. The number of rotatable bonds is 12. The zero-order valence-electron chi connectivity index (χ0n) is 23.1. The fourth-order valence-corrected chi connectivity index (χ4v) is 4.90. The zero-order valence-corrected chi connectivity index (χ0v) is 24.1. The van der Waals surface area contributed by atoms with Crippen LogP contribution in [-0.2, 0) is 18.7 Å². The molecule has 0 spiro atoms. The smallest absolute Gasteiger partial charge is 0.305 e. The number of carbonyl (C=O) groups excluding carboxylic acids is 2. The van der Waals surface area contributed by atoms with Crippen molar-refractivity contribution >= 4 is 25.9 Å². The third-order valence-electron chi connectivity index (χ3n) is 7.18. The molecular weight excluding hydrogens is 500 g/mol. The number of carbonyl (C=O) groups is 2. The van der Waals surface area contributed by atoms with Crippen LogP contribution in [0.15, 0.2) is 12.1 Å². The van der Waals surface area contributed by atoms with Gasteiger partial charge in [-0.05, 0) is 31.0 Å². The SMILES string of the molecule is COC(=O)CCCO[C@H]1CCN(C(=O)c2cc(OC)c(OC)cc2[N+](=O)[O-])[C@@H]1CO[Si](C)(C)C(C)(C)C. The first-order chi connectivity index (χ1) is 17.3. The van der Waals surface area contributed by atoms with Crippen LogP contribution in [-0.4, -0.2) is 83.3 Å². The Labute approximate surface area is 219 Å². The maximum atomic E-state index is 13.7. The Balaban J connectivity index is 2.35. The summed E-state index contributed by atoms with van der Waals surface area (Å²) in [5.74, 6) is -0.431. The van der Waals surface area contributed by atoms with E-state index in [4.69, 9.17) is 18.6 Å². The molecule has 1 aromatic carbocycles. The van der Waals surface area contributed by atoms with Gasteiger partial charge in [-0.1, -0.05) is 20.8 Å². The highest BCUT2D eigenvalue weighted by atomic mass is 28.4. The van der Waals surface area contributed by atoms with E-state index in [9.17, 15) is 19.7 Å². The average molecular weight is 541 g/mol. The van der Waals surface area contributed by atoms with E-state index in [0.717, 1.165) is 0 Å². The van der Waals surface area contributed by atoms with E-state index >= 15 is 0 Å². The van der Waals surface area contributed by atoms with Crippen LogP contribution < -0.4 is 9.47 Å². The number of hydrogen-bond acceptors (Lipinski definition) is 9. The van der Waals surface area contributed by atoms with Gasteiger partial charge in [0.2, 0.25) is 0 Å². The fraction of sp³-hybridized carbons (Fsp3) is 0.680. The summed E-state index contributed by atoms with van der Waals surface area (Å²) in [7, 11) is 1.96. The Morgan fingerprint density at radius 2 is 1.76 bits per heavy atom. The van der Waals surface area contributed by atoms with E-state index in [2.05, 4.69) is 38.6 Å². The molecule has 1 aliphatic heterocycles. The standard InChI is InChI=1S/C25H40N2O9Si/c1-25(2,3)37(7,8)36-16-19-20(35-13-9-10-23(28)34-6)11-12-26(19)24(29)17-14-21(32-4)22(33-5)15-18(17)27(30)31/h14-15,19-20H,9-13,16H2,1-8H3/t19-,20+/m1/s1. The van der Waals surface area contributed by atoms with Crippen molar-refractivity contribution in [3.63, 3.8) is 0 Å². The second-order valence-electron chi connectivity index (χ2n) is 10.5. The highest BCUT2D eigenvalue weighted by Crippen LogP contribution is 2.39. The molecule has 37 heavy (non-hydrogen) atoms. The molecule has 1 saturated heterocycles. The first kappa shape index (κ1) is 30.5. The maximum Gasteiger partial charge on any atom is 0.305 e. The van der Waals surface area contributed by atoms with E-state index in [1.165, 1.54) is 33.5 Å². The topological polar surface area (TPSA) is 127 Å². The summed E-state index contributed by atoms with van der Waals surface area (Å²) in [4.78, 5) is 38.0. The van der Waals surface area contributed by atoms with E-state index in [-0.39, 0.29) is 52.9 Å². The van der Waals surface area contributed by atoms with Crippen LogP contribution in [0.4, 0.5) is 5.69 Å². The van der Waals surface area contributed by atoms with Crippen molar-refractivity contribution in [1.29, 1.82) is 0 Å². The molecule has 11 nitrogen and oxygen atoms in total. The van der Waals surface area contributed by atoms with Crippen LogP contribution in [0, 0.1) is 10.1 Å². The lowest BCUT2D eigenvalue weighted by atomic mass is 10.1. The fourth-order valence-electron chi connectivity index (χ4n) is 3.88. The predicted molar refractivity (Wildman–Crippen MR) is 140 cm³/mol. The van der Waals surface area contributed by atoms with Crippen LogP contribution in [0.1, 0.15) is 50.4 Å². The molecule has 1 heterocycles. The van der Waals surface area contributed by atoms with Crippen molar-refractivity contribution in [3.8, 4) is 11.5 Å². The van der Waals surface area contributed by atoms with Crippen LogP contribution in [0.5, 0.6) is 11.5 Å². The highest BCUT2D eigenvalue weighted by molar-refractivity contribution is 6.74. The first-order valence-electron chi connectivity index (χ1n) is 12.3. The first-order valence-corrected chi connectivity index (χ1v) is 15.2. The van der Waals surface area contributed by atoms with Gasteiger partial charge in [0.05, 0.1) is 51.1 Å². The number of ether oxygens (including phenoxy) is 4. The molecule has 1 aromatic rings. The molecule has 0 saturated carbocycles. The Morgan fingerprint density at radius 3 is 2.30 bits per heavy atom. The Morgan fingerprint density at radius 1 is 1.14 bits per heavy atom. The number of likely N-dealkylation sites (tertiary alicyclic amines) is 1. The lowest BCUT2D eigenvalue weighted by Gasteiger charge is -2.38. The van der Waals surface area contributed by atoms with Crippen LogP contribution in [0.3, 0.4) is 0 Å². The molecule has 208 valence electrons. The molecule has 12 heteroatoms. The number of benzene rings is 1. The summed E-state index contributed by atoms with van der Waals surface area (Å²) < 4.78 is 27.7. The molecule has 1 fully saturated rings. The van der Waals surface area contributed by atoms with E-state index in [0.29, 0.717) is 26.0 Å². The van der Waals surface area contributed by atoms with Crippen LogP contribution in [0.2, 0.25) is 18.1 Å². The molecule has 0 aromatic heterocycles. The largest absolute Gasteiger partial charge is 0.493 e. The van der Waals surface area contributed by atoms with Crippen molar-refractivity contribution in [2.45, 2.75) is 70.3 Å². The molecule has 0 radical (unpaired) electrons. The van der Waals surface area contributed by atoms with Gasteiger partial charge in [-0.3, -0.25) is 19.7 Å². The van der Waals surface area contributed by atoms with Crippen molar-refractivity contribution in [3.05, 3.63) is 27.8 Å². The Hall–Kier alpha value is -2.70. The Bertz CT molecular complexity index is 978.